The lowest BCUT2D eigenvalue weighted by Crippen LogP contribution is -2.50. The minimum absolute atomic E-state index is 0.0188. The van der Waals surface area contributed by atoms with Gasteiger partial charge in [-0.2, -0.15) is 18.3 Å². The molecule has 1 fully saturated rings. The first-order valence-electron chi connectivity index (χ1n) is 10.8. The second-order valence-electron chi connectivity index (χ2n) is 7.90. The Morgan fingerprint density at radius 3 is 2.45 bits per heavy atom. The first-order valence-corrected chi connectivity index (χ1v) is 11.2. The summed E-state index contributed by atoms with van der Waals surface area (Å²) in [6.07, 6.45) is 0.537. The van der Waals surface area contributed by atoms with Gasteiger partial charge in [0.15, 0.2) is 0 Å². The van der Waals surface area contributed by atoms with Gasteiger partial charge in [0.05, 0.1) is 11.3 Å². The first-order chi connectivity index (χ1) is 15.6. The highest BCUT2D eigenvalue weighted by Gasteiger charge is 2.32. The van der Waals surface area contributed by atoms with E-state index < -0.39 is 17.6 Å². The van der Waals surface area contributed by atoms with Crippen LogP contribution in [0.3, 0.4) is 0 Å². The van der Waals surface area contributed by atoms with Gasteiger partial charge < -0.3 is 9.80 Å². The molecule has 6 nitrogen and oxygen atoms in total. The van der Waals surface area contributed by atoms with Gasteiger partial charge >= 0.3 is 6.18 Å². The summed E-state index contributed by atoms with van der Waals surface area (Å²) in [5.74, 6) is -0.705. The van der Waals surface area contributed by atoms with Gasteiger partial charge in [0.2, 0.25) is 5.91 Å². The Balaban J connectivity index is 1.59. The van der Waals surface area contributed by atoms with Gasteiger partial charge in [-0.1, -0.05) is 31.0 Å². The number of amides is 2. The SMILES string of the molecule is CCCCn1nc(C)c(/C=C/C(=O)N2CCN(C(=O)c3cccc(C(F)(F)F)c3)CC2)c1Cl. The van der Waals surface area contributed by atoms with E-state index in [-0.39, 0.29) is 37.6 Å². The Morgan fingerprint density at radius 1 is 1.15 bits per heavy atom. The van der Waals surface area contributed by atoms with Crippen molar-refractivity contribution in [3.05, 3.63) is 57.9 Å². The topological polar surface area (TPSA) is 58.4 Å². The van der Waals surface area contributed by atoms with E-state index in [0.29, 0.717) is 17.3 Å². The number of carbonyl (C=O) groups is 2. The van der Waals surface area contributed by atoms with Crippen molar-refractivity contribution in [2.75, 3.05) is 26.2 Å². The van der Waals surface area contributed by atoms with Crippen LogP contribution in [-0.2, 0) is 17.5 Å². The van der Waals surface area contributed by atoms with Crippen LogP contribution in [0.4, 0.5) is 13.2 Å². The van der Waals surface area contributed by atoms with Crippen LogP contribution in [0.1, 0.15) is 46.9 Å². The molecule has 178 valence electrons. The Labute approximate surface area is 195 Å². The molecule has 10 heteroatoms. The third kappa shape index (κ3) is 5.96. The van der Waals surface area contributed by atoms with Crippen molar-refractivity contribution in [3.8, 4) is 0 Å². The molecule has 1 aliphatic rings. The molecule has 1 aromatic carbocycles. The van der Waals surface area contributed by atoms with Crippen LogP contribution in [0.25, 0.3) is 6.08 Å². The zero-order valence-electron chi connectivity index (χ0n) is 18.5. The normalized spacial score (nSPS) is 14.8. The Hall–Kier alpha value is -2.81. The summed E-state index contributed by atoms with van der Waals surface area (Å²) in [5, 5.41) is 4.90. The Kier molecular flexibility index (Phi) is 7.84. The Bertz CT molecular complexity index is 1040. The molecule has 0 N–H and O–H groups in total. The van der Waals surface area contributed by atoms with Crippen LogP contribution in [-0.4, -0.2) is 57.6 Å². The maximum Gasteiger partial charge on any atom is 0.416 e. The van der Waals surface area contributed by atoms with Crippen LogP contribution in [0.5, 0.6) is 0 Å². The van der Waals surface area contributed by atoms with Gasteiger partial charge in [-0.05, 0) is 37.6 Å². The lowest BCUT2D eigenvalue weighted by Gasteiger charge is -2.34. The van der Waals surface area contributed by atoms with E-state index in [9.17, 15) is 22.8 Å². The molecular weight excluding hydrogens is 457 g/mol. The highest BCUT2D eigenvalue weighted by molar-refractivity contribution is 6.31. The molecule has 1 aliphatic heterocycles. The maximum atomic E-state index is 12.9. The number of piperazine rings is 1. The number of hydrogen-bond donors (Lipinski definition) is 0. The highest BCUT2D eigenvalue weighted by Crippen LogP contribution is 2.30. The fourth-order valence-electron chi connectivity index (χ4n) is 3.61. The second-order valence-corrected chi connectivity index (χ2v) is 8.25. The number of unbranched alkanes of at least 4 members (excludes halogenated alkanes) is 1. The van der Waals surface area contributed by atoms with E-state index >= 15 is 0 Å². The van der Waals surface area contributed by atoms with E-state index in [2.05, 4.69) is 12.0 Å². The molecule has 0 bridgehead atoms. The molecule has 0 aliphatic carbocycles. The summed E-state index contributed by atoms with van der Waals surface area (Å²) in [6, 6.07) is 4.37. The lowest BCUT2D eigenvalue weighted by atomic mass is 10.1. The molecular formula is C23H26ClF3N4O2. The molecule has 33 heavy (non-hydrogen) atoms. The van der Waals surface area contributed by atoms with E-state index in [1.807, 2.05) is 6.92 Å². The minimum atomic E-state index is -4.51. The van der Waals surface area contributed by atoms with Crippen LogP contribution in [0.15, 0.2) is 30.3 Å². The predicted octanol–water partition coefficient (Wildman–Crippen LogP) is 4.66. The van der Waals surface area contributed by atoms with E-state index in [0.717, 1.165) is 30.7 Å². The molecule has 0 saturated carbocycles. The molecule has 0 atom stereocenters. The van der Waals surface area contributed by atoms with Gasteiger partial charge in [0, 0.05) is 49.9 Å². The summed E-state index contributed by atoms with van der Waals surface area (Å²) in [6.45, 7) is 5.67. The van der Waals surface area contributed by atoms with E-state index in [4.69, 9.17) is 11.6 Å². The maximum absolute atomic E-state index is 12.9. The average molecular weight is 483 g/mol. The zero-order chi connectivity index (χ0) is 24.2. The first kappa shape index (κ1) is 24.8. The second kappa shape index (κ2) is 10.4. The van der Waals surface area contributed by atoms with Crippen molar-refractivity contribution in [2.24, 2.45) is 0 Å². The number of hydrogen-bond acceptors (Lipinski definition) is 3. The van der Waals surface area contributed by atoms with Crippen molar-refractivity contribution in [3.63, 3.8) is 0 Å². The summed E-state index contributed by atoms with van der Waals surface area (Å²) < 4.78 is 40.5. The quantitative estimate of drug-likeness (QED) is 0.563. The molecule has 0 radical (unpaired) electrons. The molecule has 2 heterocycles. The number of alkyl halides is 3. The summed E-state index contributed by atoms with van der Waals surface area (Å²) in [7, 11) is 0. The predicted molar refractivity (Wildman–Crippen MR) is 120 cm³/mol. The molecule has 2 amide bonds. The van der Waals surface area contributed by atoms with Crippen molar-refractivity contribution in [1.29, 1.82) is 0 Å². The number of carbonyl (C=O) groups excluding carboxylic acids is 2. The smallest absolute Gasteiger partial charge is 0.336 e. The van der Waals surface area contributed by atoms with E-state index in [1.54, 1.807) is 15.7 Å². The van der Waals surface area contributed by atoms with Gasteiger partial charge in [-0.25, -0.2) is 0 Å². The third-order valence-electron chi connectivity index (χ3n) is 5.54. The number of rotatable bonds is 6. The van der Waals surface area contributed by atoms with Crippen molar-refractivity contribution in [2.45, 2.75) is 39.4 Å². The van der Waals surface area contributed by atoms with Gasteiger partial charge in [0.1, 0.15) is 5.15 Å². The monoisotopic (exact) mass is 482 g/mol. The number of aromatic nitrogens is 2. The minimum Gasteiger partial charge on any atom is -0.336 e. The zero-order valence-corrected chi connectivity index (χ0v) is 19.3. The third-order valence-corrected chi connectivity index (χ3v) is 5.94. The fourth-order valence-corrected chi connectivity index (χ4v) is 3.94. The molecule has 2 aromatic rings. The van der Waals surface area contributed by atoms with Crippen molar-refractivity contribution < 1.29 is 22.8 Å². The summed E-state index contributed by atoms with van der Waals surface area (Å²) in [5.41, 5.74) is 0.546. The van der Waals surface area contributed by atoms with Crippen LogP contribution in [0, 0.1) is 6.92 Å². The largest absolute Gasteiger partial charge is 0.416 e. The number of halogens is 4. The van der Waals surface area contributed by atoms with Gasteiger partial charge in [-0.3, -0.25) is 14.3 Å². The molecule has 3 rings (SSSR count). The van der Waals surface area contributed by atoms with Crippen LogP contribution < -0.4 is 0 Å². The summed E-state index contributed by atoms with van der Waals surface area (Å²) in [4.78, 5) is 28.3. The number of nitrogens with zero attached hydrogens (tertiary/aromatic N) is 4. The van der Waals surface area contributed by atoms with Gasteiger partial charge in [0.25, 0.3) is 5.91 Å². The standard InChI is InChI=1S/C23H26ClF3N4O2/c1-3-4-10-31-21(24)19(16(2)28-31)8-9-20(32)29-11-13-30(14-12-29)22(33)17-6-5-7-18(15-17)23(25,26)27/h5-9,15H,3-4,10-14H2,1-2H3/b9-8+. The molecule has 0 spiro atoms. The van der Waals surface area contributed by atoms with E-state index in [1.165, 1.54) is 23.1 Å². The molecule has 0 unspecified atom stereocenters. The lowest BCUT2D eigenvalue weighted by molar-refractivity contribution is -0.137. The summed E-state index contributed by atoms with van der Waals surface area (Å²) >= 11 is 6.40. The molecule has 1 saturated heterocycles. The van der Waals surface area contributed by atoms with Crippen LogP contribution >= 0.6 is 11.6 Å². The highest BCUT2D eigenvalue weighted by atomic mass is 35.5. The Morgan fingerprint density at radius 2 is 1.82 bits per heavy atom. The average Bonchev–Trinajstić information content (AvgIpc) is 3.07. The van der Waals surface area contributed by atoms with Crippen LogP contribution in [0.2, 0.25) is 5.15 Å². The number of benzene rings is 1. The fraction of sp³-hybridized carbons (Fsp3) is 0.435. The van der Waals surface area contributed by atoms with Gasteiger partial charge in [-0.15, -0.1) is 0 Å². The van der Waals surface area contributed by atoms with Crippen molar-refractivity contribution >= 4 is 29.5 Å². The van der Waals surface area contributed by atoms with Crippen molar-refractivity contribution in [1.82, 2.24) is 19.6 Å². The number of aryl methyl sites for hydroxylation is 2. The molecule has 1 aromatic heterocycles.